The Morgan fingerprint density at radius 3 is 2.25 bits per heavy atom. The largest absolute Gasteiger partial charge is 0.373 e. The molecule has 140 valence electrons. The molecule has 0 aliphatic heterocycles. The molecule has 24 heavy (non-hydrogen) atoms. The van der Waals surface area contributed by atoms with E-state index >= 15 is 0 Å². The predicted octanol–water partition coefficient (Wildman–Crippen LogP) is 4.83. The van der Waals surface area contributed by atoms with Gasteiger partial charge in [-0.3, -0.25) is 4.79 Å². The first-order chi connectivity index (χ1) is 11.0. The van der Waals surface area contributed by atoms with Crippen LogP contribution in [0.15, 0.2) is 0 Å². The molecule has 3 unspecified atom stereocenters. The molecule has 1 amide bonds. The van der Waals surface area contributed by atoms with E-state index in [1.54, 1.807) is 0 Å². The molecule has 3 atom stereocenters. The molecular weight excluding hydrogens is 300 g/mol. The first kappa shape index (κ1) is 22.9. The van der Waals surface area contributed by atoms with Gasteiger partial charge in [-0.15, -0.1) is 0 Å². The van der Waals surface area contributed by atoms with Gasteiger partial charge in [0.15, 0.2) is 0 Å². The summed E-state index contributed by atoms with van der Waals surface area (Å²) in [6.07, 6.45) is 4.14. The first-order valence-corrected chi connectivity index (χ1v) is 9.34. The van der Waals surface area contributed by atoms with Gasteiger partial charge in [-0.2, -0.15) is 5.26 Å². The lowest BCUT2D eigenvalue weighted by Gasteiger charge is -2.32. The molecule has 0 aromatic heterocycles. The Bertz CT molecular complexity index is 426. The monoisotopic (exact) mass is 338 g/mol. The molecule has 0 saturated carbocycles. The van der Waals surface area contributed by atoms with Gasteiger partial charge >= 0.3 is 0 Å². The van der Waals surface area contributed by atoms with Gasteiger partial charge in [0.2, 0.25) is 5.91 Å². The molecule has 0 aromatic rings. The van der Waals surface area contributed by atoms with Gasteiger partial charge in [-0.05, 0) is 59.8 Å². The summed E-state index contributed by atoms with van der Waals surface area (Å²) >= 11 is 0. The van der Waals surface area contributed by atoms with Crippen LogP contribution in [0, 0.1) is 22.7 Å². The van der Waals surface area contributed by atoms with Gasteiger partial charge in [0.1, 0.15) is 0 Å². The molecule has 0 spiro atoms. The summed E-state index contributed by atoms with van der Waals surface area (Å²) in [4.78, 5) is 12.2. The van der Waals surface area contributed by atoms with Crippen LogP contribution in [0.1, 0.15) is 87.5 Å². The third-order valence-electron chi connectivity index (χ3n) is 4.82. The molecule has 0 rings (SSSR count). The molecule has 0 heterocycles. The summed E-state index contributed by atoms with van der Waals surface area (Å²) in [5, 5.41) is 12.4. The van der Waals surface area contributed by atoms with Gasteiger partial charge in [-0.25, -0.2) is 0 Å². The van der Waals surface area contributed by atoms with Crippen LogP contribution in [0.3, 0.4) is 0 Å². The van der Waals surface area contributed by atoms with Crippen molar-refractivity contribution in [2.45, 2.75) is 105 Å². The second kappa shape index (κ2) is 10.0. The number of hydrogen-bond donors (Lipinski definition) is 1. The van der Waals surface area contributed by atoms with Crippen LogP contribution in [-0.2, 0) is 9.53 Å². The number of nitrogens with one attached hydrogen (secondary N) is 1. The van der Waals surface area contributed by atoms with E-state index in [2.05, 4.69) is 39.1 Å². The molecule has 0 aliphatic rings. The van der Waals surface area contributed by atoms with Crippen molar-refractivity contribution < 1.29 is 9.53 Å². The summed E-state index contributed by atoms with van der Waals surface area (Å²) in [7, 11) is 0. The molecular formula is C20H38N2O2. The Hall–Kier alpha value is -1.08. The van der Waals surface area contributed by atoms with E-state index in [-0.39, 0.29) is 29.6 Å². The molecule has 0 radical (unpaired) electrons. The van der Waals surface area contributed by atoms with Crippen LogP contribution in [0.25, 0.3) is 0 Å². The summed E-state index contributed by atoms with van der Waals surface area (Å²) in [5.74, 6) is 0.252. The average molecular weight is 339 g/mol. The topological polar surface area (TPSA) is 62.1 Å². The quantitative estimate of drug-likeness (QED) is 0.587. The number of carbonyl (C=O) groups is 1. The Morgan fingerprint density at radius 1 is 1.21 bits per heavy atom. The van der Waals surface area contributed by atoms with Crippen LogP contribution in [0.4, 0.5) is 0 Å². The molecule has 0 saturated heterocycles. The van der Waals surface area contributed by atoms with Crippen molar-refractivity contribution in [2.75, 3.05) is 0 Å². The maximum absolute atomic E-state index is 12.2. The fourth-order valence-corrected chi connectivity index (χ4v) is 3.04. The number of carbonyl (C=O) groups excluding carboxylic acids is 1. The highest BCUT2D eigenvalue weighted by atomic mass is 16.5. The third kappa shape index (κ3) is 8.68. The maximum atomic E-state index is 12.2. The van der Waals surface area contributed by atoms with Crippen LogP contribution < -0.4 is 5.32 Å². The van der Waals surface area contributed by atoms with E-state index in [4.69, 9.17) is 4.74 Å². The fraction of sp³-hybridized carbons (Fsp3) is 0.900. The Kier molecular flexibility index (Phi) is 9.58. The molecule has 1 N–H and O–H groups in total. The van der Waals surface area contributed by atoms with Crippen LogP contribution in [-0.4, -0.2) is 23.7 Å². The van der Waals surface area contributed by atoms with Crippen molar-refractivity contribution in [2.24, 2.45) is 11.3 Å². The van der Waals surface area contributed by atoms with E-state index in [1.165, 1.54) is 0 Å². The van der Waals surface area contributed by atoms with E-state index in [0.29, 0.717) is 12.8 Å². The highest BCUT2D eigenvalue weighted by Crippen LogP contribution is 2.31. The smallest absolute Gasteiger partial charge is 0.220 e. The minimum atomic E-state index is -0.446. The standard InChI is InChI=1S/C20H38N2O2/c1-9-10-17(5)24-19(6,7)13-16(4)22-18(23)11-12-20(8,14-21)15(2)3/h15-17H,9-13H2,1-8H3,(H,22,23). The Labute approximate surface area is 149 Å². The number of nitriles is 1. The molecule has 4 heteroatoms. The van der Waals surface area contributed by atoms with Gasteiger partial charge in [0.05, 0.1) is 23.2 Å². The van der Waals surface area contributed by atoms with Crippen molar-refractivity contribution in [1.82, 2.24) is 5.32 Å². The van der Waals surface area contributed by atoms with Gasteiger partial charge in [-0.1, -0.05) is 27.2 Å². The van der Waals surface area contributed by atoms with E-state index < -0.39 is 5.41 Å². The van der Waals surface area contributed by atoms with E-state index in [9.17, 15) is 10.1 Å². The lowest BCUT2D eigenvalue weighted by atomic mass is 9.77. The van der Waals surface area contributed by atoms with E-state index in [1.807, 2.05) is 27.7 Å². The number of nitrogens with zero attached hydrogens (tertiary/aromatic N) is 1. The van der Waals surface area contributed by atoms with Crippen molar-refractivity contribution in [3.8, 4) is 6.07 Å². The molecule has 0 aromatic carbocycles. The van der Waals surface area contributed by atoms with Crippen molar-refractivity contribution in [3.05, 3.63) is 0 Å². The normalized spacial score (nSPS) is 17.0. The predicted molar refractivity (Wildman–Crippen MR) is 99.5 cm³/mol. The second-order valence-corrected chi connectivity index (χ2v) is 8.33. The summed E-state index contributed by atoms with van der Waals surface area (Å²) in [6, 6.07) is 2.41. The second-order valence-electron chi connectivity index (χ2n) is 8.33. The molecule has 0 fully saturated rings. The molecule has 0 aliphatic carbocycles. The fourth-order valence-electron chi connectivity index (χ4n) is 3.04. The maximum Gasteiger partial charge on any atom is 0.220 e. The molecule has 0 bridgehead atoms. The van der Waals surface area contributed by atoms with Crippen LogP contribution >= 0.6 is 0 Å². The molecule has 4 nitrogen and oxygen atoms in total. The highest BCUT2D eigenvalue weighted by Gasteiger charge is 2.29. The van der Waals surface area contributed by atoms with Crippen LogP contribution in [0.5, 0.6) is 0 Å². The van der Waals surface area contributed by atoms with Crippen molar-refractivity contribution in [1.29, 1.82) is 5.26 Å². The average Bonchev–Trinajstić information content (AvgIpc) is 2.43. The Morgan fingerprint density at radius 2 is 1.79 bits per heavy atom. The van der Waals surface area contributed by atoms with Crippen molar-refractivity contribution >= 4 is 5.91 Å². The van der Waals surface area contributed by atoms with Gasteiger partial charge in [0, 0.05) is 12.5 Å². The zero-order valence-corrected chi connectivity index (χ0v) is 17.0. The van der Waals surface area contributed by atoms with Gasteiger partial charge < -0.3 is 10.1 Å². The zero-order valence-electron chi connectivity index (χ0n) is 17.0. The number of ether oxygens (including phenoxy) is 1. The minimum Gasteiger partial charge on any atom is -0.373 e. The summed E-state index contributed by atoms with van der Waals surface area (Å²) < 4.78 is 6.10. The lowest BCUT2D eigenvalue weighted by Crippen LogP contribution is -2.41. The number of rotatable bonds is 11. The van der Waals surface area contributed by atoms with Crippen LogP contribution in [0.2, 0.25) is 0 Å². The highest BCUT2D eigenvalue weighted by molar-refractivity contribution is 5.76. The minimum absolute atomic E-state index is 0.0158. The number of hydrogen-bond acceptors (Lipinski definition) is 3. The first-order valence-electron chi connectivity index (χ1n) is 9.34. The SMILES string of the molecule is CCCC(C)OC(C)(C)CC(C)NC(=O)CCC(C)(C#N)C(C)C. The van der Waals surface area contributed by atoms with Crippen molar-refractivity contribution in [3.63, 3.8) is 0 Å². The third-order valence-corrected chi connectivity index (χ3v) is 4.82. The zero-order chi connectivity index (χ0) is 19.0. The van der Waals surface area contributed by atoms with Gasteiger partial charge in [0.25, 0.3) is 0 Å². The summed E-state index contributed by atoms with van der Waals surface area (Å²) in [5.41, 5.74) is -0.709. The Balaban J connectivity index is 4.39. The summed E-state index contributed by atoms with van der Waals surface area (Å²) in [6.45, 7) is 16.4. The number of amides is 1. The lowest BCUT2D eigenvalue weighted by molar-refractivity contribution is -0.123. The van der Waals surface area contributed by atoms with E-state index in [0.717, 1.165) is 19.3 Å².